The fraction of sp³-hybridized carbons (Fsp3) is 0.308. The van der Waals surface area contributed by atoms with Crippen LogP contribution in [0.15, 0.2) is 58.7 Å². The molecule has 0 aliphatic carbocycles. The summed E-state index contributed by atoms with van der Waals surface area (Å²) in [5.41, 5.74) is 2.55. The van der Waals surface area contributed by atoms with Gasteiger partial charge in [-0.1, -0.05) is 36.4 Å². The molecule has 2 aromatic carbocycles. The molecule has 8 nitrogen and oxygen atoms in total. The number of rotatable bonds is 11. The first-order chi connectivity index (χ1) is 17.0. The van der Waals surface area contributed by atoms with E-state index < -0.39 is 6.10 Å². The summed E-state index contributed by atoms with van der Waals surface area (Å²) in [5.74, 6) is 1.76. The maximum atomic E-state index is 13.2. The third kappa shape index (κ3) is 5.88. The number of ether oxygens (including phenoxy) is 3. The van der Waals surface area contributed by atoms with Crippen LogP contribution >= 0.6 is 11.3 Å². The maximum absolute atomic E-state index is 13.2. The molecule has 184 valence electrons. The molecule has 1 atom stereocenters. The van der Waals surface area contributed by atoms with Crippen molar-refractivity contribution >= 4 is 21.6 Å². The summed E-state index contributed by atoms with van der Waals surface area (Å²) in [4.78, 5) is 23.6. The van der Waals surface area contributed by atoms with Gasteiger partial charge in [0, 0.05) is 31.1 Å². The minimum Gasteiger partial charge on any atom is -0.493 e. The first-order valence-corrected chi connectivity index (χ1v) is 12.1. The third-order valence-corrected chi connectivity index (χ3v) is 6.51. The minimum absolute atomic E-state index is 0.201. The van der Waals surface area contributed by atoms with Gasteiger partial charge in [-0.05, 0) is 23.3 Å². The van der Waals surface area contributed by atoms with E-state index in [9.17, 15) is 9.90 Å². The number of nitrogens with one attached hydrogen (secondary N) is 1. The zero-order chi connectivity index (χ0) is 24.8. The van der Waals surface area contributed by atoms with Gasteiger partial charge in [0.1, 0.15) is 10.7 Å². The molecule has 2 aromatic heterocycles. The highest BCUT2D eigenvalue weighted by atomic mass is 32.1. The lowest BCUT2D eigenvalue weighted by atomic mass is 10.1. The van der Waals surface area contributed by atoms with Crippen LogP contribution in [0.1, 0.15) is 11.4 Å². The lowest BCUT2D eigenvalue weighted by molar-refractivity contribution is 0.0332. The van der Waals surface area contributed by atoms with Gasteiger partial charge in [0.05, 0.1) is 38.9 Å². The van der Waals surface area contributed by atoms with Gasteiger partial charge >= 0.3 is 0 Å². The first-order valence-electron chi connectivity index (χ1n) is 11.2. The van der Waals surface area contributed by atoms with Gasteiger partial charge in [-0.15, -0.1) is 11.3 Å². The monoisotopic (exact) mass is 495 g/mol. The van der Waals surface area contributed by atoms with Gasteiger partial charge in [-0.25, -0.2) is 4.98 Å². The summed E-state index contributed by atoms with van der Waals surface area (Å²) in [6.45, 7) is 1.59. The normalized spacial score (nSPS) is 12.3. The molecule has 9 heteroatoms. The molecule has 2 N–H and O–H groups in total. The number of nitrogens with zero attached hydrogens (tertiary/aromatic N) is 2. The number of aliphatic hydroxyl groups is 1. The minimum atomic E-state index is -0.655. The average Bonchev–Trinajstić information content (AvgIpc) is 3.29. The zero-order valence-electron chi connectivity index (χ0n) is 20.0. The van der Waals surface area contributed by atoms with Gasteiger partial charge in [-0.3, -0.25) is 9.69 Å². The molecule has 0 saturated carbocycles. The molecule has 1 unspecified atom stereocenters. The summed E-state index contributed by atoms with van der Waals surface area (Å²) < 4.78 is 15.8. The molecule has 0 spiro atoms. The first kappa shape index (κ1) is 24.9. The largest absolute Gasteiger partial charge is 0.493 e. The molecule has 0 radical (unpaired) electrons. The molecular formula is C26H29N3O5S. The Labute approximate surface area is 207 Å². The number of thiophene rings is 1. The van der Waals surface area contributed by atoms with Crippen LogP contribution in [0.25, 0.3) is 21.3 Å². The Morgan fingerprint density at radius 1 is 1.06 bits per heavy atom. The number of aromatic amines is 1. The predicted molar refractivity (Wildman–Crippen MR) is 137 cm³/mol. The van der Waals surface area contributed by atoms with Gasteiger partial charge in [-0.2, -0.15) is 0 Å². The molecule has 0 fully saturated rings. The van der Waals surface area contributed by atoms with E-state index in [4.69, 9.17) is 19.2 Å². The maximum Gasteiger partial charge on any atom is 0.260 e. The molecule has 0 saturated heterocycles. The molecule has 2 heterocycles. The highest BCUT2D eigenvalue weighted by Crippen LogP contribution is 2.36. The van der Waals surface area contributed by atoms with Crippen LogP contribution in [0.4, 0.5) is 0 Å². The van der Waals surface area contributed by atoms with Crippen LogP contribution in [0.5, 0.6) is 11.5 Å². The molecule has 0 bridgehead atoms. The fourth-order valence-electron chi connectivity index (χ4n) is 4.07. The highest BCUT2D eigenvalue weighted by molar-refractivity contribution is 7.17. The summed E-state index contributed by atoms with van der Waals surface area (Å²) in [7, 11) is 4.73. The number of methoxy groups -OCH3 is 3. The van der Waals surface area contributed by atoms with E-state index in [1.807, 2.05) is 58.8 Å². The number of hydrogen-bond acceptors (Lipinski definition) is 8. The van der Waals surface area contributed by atoms with Crippen LogP contribution in [0.2, 0.25) is 0 Å². The predicted octanol–water partition coefficient (Wildman–Crippen LogP) is 3.68. The van der Waals surface area contributed by atoms with E-state index >= 15 is 0 Å². The van der Waals surface area contributed by atoms with Crippen LogP contribution in [0, 0.1) is 0 Å². The molecule has 0 aliphatic rings. The van der Waals surface area contributed by atoms with Gasteiger partial charge in [0.25, 0.3) is 5.56 Å². The Morgan fingerprint density at radius 3 is 2.54 bits per heavy atom. The second kappa shape index (κ2) is 11.5. The van der Waals surface area contributed by atoms with E-state index in [0.717, 1.165) is 16.7 Å². The third-order valence-electron chi connectivity index (χ3n) is 5.64. The number of aromatic nitrogens is 2. The van der Waals surface area contributed by atoms with E-state index in [0.29, 0.717) is 47.2 Å². The van der Waals surface area contributed by atoms with Crippen LogP contribution in [-0.2, 0) is 17.8 Å². The van der Waals surface area contributed by atoms with Crippen LogP contribution in [0.3, 0.4) is 0 Å². The smallest absolute Gasteiger partial charge is 0.260 e. The Kier molecular flexibility index (Phi) is 8.14. The van der Waals surface area contributed by atoms with E-state index in [1.54, 1.807) is 21.3 Å². The topological polar surface area (TPSA) is 96.9 Å². The zero-order valence-corrected chi connectivity index (χ0v) is 20.8. The lowest BCUT2D eigenvalue weighted by Crippen LogP contribution is -2.35. The van der Waals surface area contributed by atoms with Crippen molar-refractivity contribution in [2.75, 3.05) is 34.5 Å². The van der Waals surface area contributed by atoms with Gasteiger partial charge in [0.2, 0.25) is 0 Å². The fourth-order valence-corrected chi connectivity index (χ4v) is 5.03. The quantitative estimate of drug-likeness (QED) is 0.328. The van der Waals surface area contributed by atoms with Crippen molar-refractivity contribution in [3.8, 4) is 22.6 Å². The molecule has 4 rings (SSSR count). The molecular weight excluding hydrogens is 466 g/mol. The lowest BCUT2D eigenvalue weighted by Gasteiger charge is -2.24. The Balaban J connectivity index is 1.64. The van der Waals surface area contributed by atoms with Crippen molar-refractivity contribution in [2.45, 2.75) is 19.2 Å². The van der Waals surface area contributed by atoms with Gasteiger partial charge in [0.15, 0.2) is 11.5 Å². The second-order valence-corrected chi connectivity index (χ2v) is 9.03. The molecule has 4 aromatic rings. The standard InChI is InChI=1S/C26H29N3O5S/c1-32-15-19(30)13-29(12-17-7-5-4-6-8-17)14-23-27-25(31)24-20(16-35-26(24)28-23)18-9-10-21(33-2)22(11-18)34-3/h4-11,16,19,30H,12-15H2,1-3H3,(H,27,28,31). The van der Waals surface area contributed by atoms with Crippen LogP contribution < -0.4 is 15.0 Å². The van der Waals surface area contributed by atoms with Crippen molar-refractivity contribution in [1.29, 1.82) is 0 Å². The number of hydrogen-bond donors (Lipinski definition) is 2. The second-order valence-electron chi connectivity index (χ2n) is 8.18. The Bertz CT molecular complexity index is 1320. The van der Waals surface area contributed by atoms with Crippen molar-refractivity contribution in [3.05, 3.63) is 75.7 Å². The van der Waals surface area contributed by atoms with E-state index in [2.05, 4.69) is 4.98 Å². The van der Waals surface area contributed by atoms with Crippen LogP contribution in [-0.4, -0.2) is 60.6 Å². The number of H-pyrrole nitrogens is 1. The molecule has 0 amide bonds. The van der Waals surface area contributed by atoms with E-state index in [-0.39, 0.29) is 12.2 Å². The summed E-state index contributed by atoms with van der Waals surface area (Å²) in [5, 5.41) is 12.8. The summed E-state index contributed by atoms with van der Waals surface area (Å²) in [6.07, 6.45) is -0.655. The van der Waals surface area contributed by atoms with Crippen molar-refractivity contribution in [2.24, 2.45) is 0 Å². The summed E-state index contributed by atoms with van der Waals surface area (Å²) in [6, 6.07) is 15.6. The van der Waals surface area contributed by atoms with Crippen molar-refractivity contribution < 1.29 is 19.3 Å². The molecule has 0 aliphatic heterocycles. The van der Waals surface area contributed by atoms with E-state index in [1.165, 1.54) is 11.3 Å². The summed E-state index contributed by atoms with van der Waals surface area (Å²) >= 11 is 1.42. The Morgan fingerprint density at radius 2 is 1.83 bits per heavy atom. The van der Waals surface area contributed by atoms with Gasteiger partial charge < -0.3 is 24.3 Å². The number of fused-ring (bicyclic) bond motifs is 1. The Hall–Kier alpha value is -3.24. The van der Waals surface area contributed by atoms with Crippen molar-refractivity contribution in [1.82, 2.24) is 14.9 Å². The van der Waals surface area contributed by atoms with Crippen molar-refractivity contribution in [3.63, 3.8) is 0 Å². The SMILES string of the molecule is COCC(O)CN(Cc1ccccc1)Cc1nc2scc(-c3ccc(OC)c(OC)c3)c2c(=O)[nH]1. The number of benzene rings is 2. The number of aliphatic hydroxyl groups excluding tert-OH is 1. The molecule has 35 heavy (non-hydrogen) atoms. The average molecular weight is 496 g/mol. The highest BCUT2D eigenvalue weighted by Gasteiger charge is 2.18.